The number of carbonyl (C=O) groups is 1. The van der Waals surface area contributed by atoms with Crippen molar-refractivity contribution in [1.29, 1.82) is 0 Å². The van der Waals surface area contributed by atoms with Crippen molar-refractivity contribution in [3.63, 3.8) is 0 Å². The van der Waals surface area contributed by atoms with Gasteiger partial charge in [-0.2, -0.15) is 0 Å². The van der Waals surface area contributed by atoms with Crippen molar-refractivity contribution in [3.8, 4) is 0 Å². The summed E-state index contributed by atoms with van der Waals surface area (Å²) >= 11 is 6.05. The van der Waals surface area contributed by atoms with Crippen molar-refractivity contribution >= 4 is 34.3 Å². The molecular weight excluding hydrogens is 436 g/mol. The second-order valence-corrected chi connectivity index (χ2v) is 8.26. The van der Waals surface area contributed by atoms with Gasteiger partial charge in [-0.25, -0.2) is 4.79 Å². The van der Waals surface area contributed by atoms with Crippen molar-refractivity contribution < 1.29 is 14.1 Å². The molecule has 10 heteroatoms. The van der Waals surface area contributed by atoms with Crippen LogP contribution in [-0.4, -0.2) is 51.4 Å². The normalized spacial score (nSPS) is 14.7. The van der Waals surface area contributed by atoms with Gasteiger partial charge in [-0.3, -0.25) is 24.4 Å². The summed E-state index contributed by atoms with van der Waals surface area (Å²) in [6, 6.07) is 11.9. The van der Waals surface area contributed by atoms with Gasteiger partial charge >= 0.3 is 5.76 Å². The lowest BCUT2D eigenvalue weighted by Crippen LogP contribution is -2.48. The topological polar surface area (TPSA) is 102 Å². The third-order valence-corrected chi connectivity index (χ3v) is 5.89. The van der Waals surface area contributed by atoms with Crippen LogP contribution in [0.2, 0.25) is 5.02 Å². The number of hydrogen-bond donors (Lipinski definition) is 0. The second kappa shape index (κ2) is 9.54. The quantitative estimate of drug-likeness (QED) is 0.397. The first-order chi connectivity index (χ1) is 15.4. The molecule has 0 atom stereocenters. The molecule has 2 heterocycles. The maximum absolute atomic E-state index is 12.6. The van der Waals surface area contributed by atoms with Crippen LogP contribution in [0.15, 0.2) is 51.7 Å². The molecule has 0 N–H and O–H groups in total. The van der Waals surface area contributed by atoms with Gasteiger partial charge in [0.2, 0.25) is 5.91 Å². The summed E-state index contributed by atoms with van der Waals surface area (Å²) in [5.74, 6) is -0.522. The highest BCUT2D eigenvalue weighted by molar-refractivity contribution is 6.30. The number of piperazine rings is 1. The van der Waals surface area contributed by atoms with Crippen LogP contribution in [0.5, 0.6) is 0 Å². The molecule has 0 unspecified atom stereocenters. The summed E-state index contributed by atoms with van der Waals surface area (Å²) < 4.78 is 6.54. The lowest BCUT2D eigenvalue weighted by molar-refractivity contribution is -0.384. The highest BCUT2D eigenvalue weighted by atomic mass is 35.5. The molecule has 9 nitrogen and oxygen atoms in total. The molecule has 0 saturated carbocycles. The average molecular weight is 459 g/mol. The third-order valence-electron chi connectivity index (χ3n) is 5.66. The van der Waals surface area contributed by atoms with Crippen LogP contribution in [0.4, 0.5) is 5.69 Å². The summed E-state index contributed by atoms with van der Waals surface area (Å²) in [4.78, 5) is 39.2. The fourth-order valence-electron chi connectivity index (χ4n) is 3.98. The van der Waals surface area contributed by atoms with Gasteiger partial charge in [0.25, 0.3) is 5.69 Å². The van der Waals surface area contributed by atoms with Crippen LogP contribution >= 0.6 is 11.6 Å². The van der Waals surface area contributed by atoms with Crippen LogP contribution in [-0.2, 0) is 17.9 Å². The number of halogens is 1. The van der Waals surface area contributed by atoms with Gasteiger partial charge in [0.1, 0.15) is 0 Å². The van der Waals surface area contributed by atoms with E-state index in [-0.39, 0.29) is 17.2 Å². The Morgan fingerprint density at radius 1 is 1.12 bits per heavy atom. The summed E-state index contributed by atoms with van der Waals surface area (Å²) in [5, 5.41) is 11.6. The zero-order valence-electron chi connectivity index (χ0n) is 17.4. The Bertz CT molecular complexity index is 1200. The number of non-ortho nitro benzene ring substituents is 1. The second-order valence-electron chi connectivity index (χ2n) is 7.82. The van der Waals surface area contributed by atoms with E-state index in [1.165, 1.54) is 22.8 Å². The maximum atomic E-state index is 12.6. The van der Waals surface area contributed by atoms with Gasteiger partial charge in [-0.05, 0) is 30.2 Å². The summed E-state index contributed by atoms with van der Waals surface area (Å²) in [6.45, 7) is 4.03. The molecule has 32 heavy (non-hydrogen) atoms. The number of hydrogen-bond acceptors (Lipinski definition) is 6. The molecule has 0 radical (unpaired) electrons. The predicted molar refractivity (Wildman–Crippen MR) is 120 cm³/mol. The molecule has 0 spiro atoms. The Morgan fingerprint density at radius 2 is 1.91 bits per heavy atom. The molecule has 1 aliphatic heterocycles. The Hall–Kier alpha value is -3.17. The first kappa shape index (κ1) is 22.0. The Morgan fingerprint density at radius 3 is 2.62 bits per heavy atom. The van der Waals surface area contributed by atoms with Crippen LogP contribution in [0, 0.1) is 10.1 Å². The molecule has 2 aromatic carbocycles. The number of aromatic nitrogens is 1. The Kier molecular flexibility index (Phi) is 6.57. The summed E-state index contributed by atoms with van der Waals surface area (Å²) in [7, 11) is 0. The van der Waals surface area contributed by atoms with E-state index in [9.17, 15) is 19.7 Å². The van der Waals surface area contributed by atoms with Crippen molar-refractivity contribution in [3.05, 3.63) is 73.7 Å². The van der Waals surface area contributed by atoms with Crippen molar-refractivity contribution in [2.24, 2.45) is 0 Å². The predicted octanol–water partition coefficient (Wildman–Crippen LogP) is 3.28. The molecule has 4 rings (SSSR count). The Labute approximate surface area is 188 Å². The molecular formula is C22H23ClN4O5. The van der Waals surface area contributed by atoms with E-state index in [0.29, 0.717) is 38.0 Å². The van der Waals surface area contributed by atoms with Crippen molar-refractivity contribution in [2.45, 2.75) is 25.9 Å². The van der Waals surface area contributed by atoms with Crippen LogP contribution < -0.4 is 5.76 Å². The molecule has 0 aliphatic carbocycles. The molecule has 0 bridgehead atoms. The number of nitro benzene ring substituents is 1. The minimum absolute atomic E-state index is 0.0592. The fraction of sp³-hybridized carbons (Fsp3) is 0.364. The minimum Gasteiger partial charge on any atom is -0.407 e. The number of benzene rings is 2. The zero-order chi connectivity index (χ0) is 22.7. The summed E-state index contributed by atoms with van der Waals surface area (Å²) in [5.41, 5.74) is 1.68. The molecule has 168 valence electrons. The third kappa shape index (κ3) is 5.00. The number of oxazole rings is 1. The van der Waals surface area contributed by atoms with E-state index in [1.54, 1.807) is 0 Å². The highest BCUT2D eigenvalue weighted by Crippen LogP contribution is 2.20. The fourth-order valence-corrected chi connectivity index (χ4v) is 4.19. The number of rotatable bonds is 7. The SMILES string of the molecule is O=C(CCCn1c(=O)oc2cc([N+](=O)[O-])ccc21)N1CCN(Cc2cccc(Cl)c2)CC1. The first-order valence-corrected chi connectivity index (χ1v) is 10.8. The average Bonchev–Trinajstić information content (AvgIpc) is 3.08. The van der Waals surface area contributed by atoms with E-state index in [4.69, 9.17) is 16.0 Å². The molecule has 1 saturated heterocycles. The van der Waals surface area contributed by atoms with Crippen LogP contribution in [0.1, 0.15) is 18.4 Å². The van der Waals surface area contributed by atoms with Crippen LogP contribution in [0.25, 0.3) is 11.1 Å². The van der Waals surface area contributed by atoms with Gasteiger partial charge in [0.05, 0.1) is 16.5 Å². The molecule has 1 amide bonds. The molecule has 1 aliphatic rings. The molecule has 3 aromatic rings. The maximum Gasteiger partial charge on any atom is 0.419 e. The number of nitrogens with zero attached hydrogens (tertiary/aromatic N) is 4. The zero-order valence-corrected chi connectivity index (χ0v) is 18.2. The van der Waals surface area contributed by atoms with E-state index >= 15 is 0 Å². The van der Waals surface area contributed by atoms with Gasteiger partial charge in [0, 0.05) is 56.8 Å². The van der Waals surface area contributed by atoms with E-state index in [1.807, 2.05) is 29.2 Å². The number of aryl methyl sites for hydroxylation is 1. The lowest BCUT2D eigenvalue weighted by Gasteiger charge is -2.34. The van der Waals surface area contributed by atoms with Gasteiger partial charge in [-0.15, -0.1) is 0 Å². The van der Waals surface area contributed by atoms with Crippen molar-refractivity contribution in [2.75, 3.05) is 26.2 Å². The van der Waals surface area contributed by atoms with E-state index < -0.39 is 10.7 Å². The number of amides is 1. The highest BCUT2D eigenvalue weighted by Gasteiger charge is 2.21. The van der Waals surface area contributed by atoms with Gasteiger partial charge in [0.15, 0.2) is 5.58 Å². The van der Waals surface area contributed by atoms with E-state index in [2.05, 4.69) is 4.90 Å². The number of nitro groups is 1. The number of fused-ring (bicyclic) bond motifs is 1. The van der Waals surface area contributed by atoms with Gasteiger partial charge in [-0.1, -0.05) is 23.7 Å². The number of carbonyl (C=O) groups excluding carboxylic acids is 1. The smallest absolute Gasteiger partial charge is 0.407 e. The summed E-state index contributed by atoms with van der Waals surface area (Å²) in [6.07, 6.45) is 0.799. The minimum atomic E-state index is -0.581. The largest absolute Gasteiger partial charge is 0.419 e. The van der Waals surface area contributed by atoms with Gasteiger partial charge < -0.3 is 9.32 Å². The molecule has 1 fully saturated rings. The van der Waals surface area contributed by atoms with E-state index in [0.717, 1.165) is 30.2 Å². The monoisotopic (exact) mass is 458 g/mol. The van der Waals surface area contributed by atoms with Crippen LogP contribution in [0.3, 0.4) is 0 Å². The van der Waals surface area contributed by atoms with Crippen molar-refractivity contribution in [1.82, 2.24) is 14.4 Å². The molecule has 1 aromatic heterocycles. The Balaban J connectivity index is 1.27. The standard InChI is InChI=1S/C22H23ClN4O5/c23-17-4-1-3-16(13-17)15-24-9-11-25(12-10-24)21(28)5-2-8-26-19-7-6-18(27(30)31)14-20(19)32-22(26)29/h1,3-4,6-7,13-14H,2,5,8-12,15H2. The lowest BCUT2D eigenvalue weighted by atomic mass is 10.2. The first-order valence-electron chi connectivity index (χ1n) is 10.4.